The average molecular weight is 261 g/mol. The Kier molecular flexibility index (Phi) is 4.21. The molecule has 100 valence electrons. The molecule has 0 bridgehead atoms. The van der Waals surface area contributed by atoms with Gasteiger partial charge in [-0.05, 0) is 24.1 Å². The van der Waals surface area contributed by atoms with Gasteiger partial charge in [0.1, 0.15) is 5.75 Å². The van der Waals surface area contributed by atoms with Crippen LogP contribution in [0.25, 0.3) is 0 Å². The van der Waals surface area contributed by atoms with Gasteiger partial charge in [0.05, 0.1) is 0 Å². The molecule has 0 saturated carbocycles. The van der Waals surface area contributed by atoms with E-state index in [4.69, 9.17) is 5.73 Å². The Morgan fingerprint density at radius 3 is 2.50 bits per heavy atom. The van der Waals surface area contributed by atoms with Gasteiger partial charge in [0.2, 0.25) is 0 Å². The lowest BCUT2D eigenvalue weighted by molar-refractivity contribution is -0.274. The summed E-state index contributed by atoms with van der Waals surface area (Å²) in [6.07, 6.45) is -4.56. The summed E-state index contributed by atoms with van der Waals surface area (Å²) >= 11 is 0. The van der Waals surface area contributed by atoms with E-state index in [2.05, 4.69) is 4.74 Å². The van der Waals surface area contributed by atoms with Crippen LogP contribution in [0, 0.1) is 5.92 Å². The maximum absolute atomic E-state index is 12.0. The third kappa shape index (κ3) is 4.27. The molecule has 1 aromatic rings. The van der Waals surface area contributed by atoms with Gasteiger partial charge in [-0.25, -0.2) is 0 Å². The fraction of sp³-hybridized carbons (Fsp3) is 0.417. The number of ether oxygens (including phenoxy) is 1. The van der Waals surface area contributed by atoms with Crippen molar-refractivity contribution < 1.29 is 22.7 Å². The number of ketones is 1. The Labute approximate surface area is 103 Å². The Morgan fingerprint density at radius 2 is 2.00 bits per heavy atom. The lowest BCUT2D eigenvalue weighted by Gasteiger charge is -2.12. The summed E-state index contributed by atoms with van der Waals surface area (Å²) in [7, 11) is 0. The molecule has 0 radical (unpaired) electrons. The van der Waals surface area contributed by atoms with Crippen molar-refractivity contribution in [1.29, 1.82) is 0 Å². The number of Topliss-reactive ketones (excluding diaryl/α,β-unsaturated/α-hetero) is 1. The second kappa shape index (κ2) is 5.29. The largest absolute Gasteiger partial charge is 0.573 e. The second-order valence-corrected chi connectivity index (χ2v) is 4.32. The minimum Gasteiger partial charge on any atom is -0.406 e. The molecule has 0 aromatic heterocycles. The maximum Gasteiger partial charge on any atom is 0.573 e. The van der Waals surface area contributed by atoms with Crippen LogP contribution < -0.4 is 10.5 Å². The van der Waals surface area contributed by atoms with Crippen LogP contribution >= 0.6 is 0 Å². The van der Waals surface area contributed by atoms with E-state index in [0.717, 1.165) is 12.1 Å². The molecule has 0 aliphatic rings. The zero-order chi connectivity index (χ0) is 13.9. The highest BCUT2D eigenvalue weighted by Crippen LogP contribution is 2.27. The van der Waals surface area contributed by atoms with Crippen LogP contribution in [0.15, 0.2) is 18.2 Å². The molecule has 0 saturated heterocycles. The van der Waals surface area contributed by atoms with Crippen LogP contribution in [-0.4, -0.2) is 12.1 Å². The zero-order valence-corrected chi connectivity index (χ0v) is 10.0. The summed E-state index contributed by atoms with van der Waals surface area (Å²) in [5, 5.41) is 0. The van der Waals surface area contributed by atoms with E-state index in [9.17, 15) is 18.0 Å². The van der Waals surface area contributed by atoms with E-state index in [1.54, 1.807) is 0 Å². The van der Waals surface area contributed by atoms with Crippen molar-refractivity contribution in [2.45, 2.75) is 26.6 Å². The third-order valence-electron chi connectivity index (χ3n) is 2.15. The first-order chi connectivity index (χ1) is 8.19. The van der Waals surface area contributed by atoms with Crippen LogP contribution in [0.3, 0.4) is 0 Å². The van der Waals surface area contributed by atoms with Crippen LogP contribution in [0.1, 0.15) is 30.6 Å². The van der Waals surface area contributed by atoms with E-state index in [1.165, 1.54) is 6.07 Å². The minimum absolute atomic E-state index is 0.0606. The van der Waals surface area contributed by atoms with Gasteiger partial charge >= 0.3 is 6.36 Å². The van der Waals surface area contributed by atoms with Gasteiger partial charge < -0.3 is 10.5 Å². The molecule has 0 heterocycles. The summed E-state index contributed by atoms with van der Waals surface area (Å²) in [6.45, 7) is 3.67. The van der Waals surface area contributed by atoms with Crippen molar-refractivity contribution in [3.05, 3.63) is 23.8 Å². The Bertz CT molecular complexity index is 441. The SMILES string of the molecule is CC(C)CC(=O)c1cc(OC(F)(F)F)ccc1N. The standard InChI is InChI=1S/C12H14F3NO2/c1-7(2)5-11(17)9-6-8(3-4-10(9)16)18-12(13,14)15/h3-4,6-7H,5,16H2,1-2H3. The van der Waals surface area contributed by atoms with Gasteiger partial charge in [-0.1, -0.05) is 13.8 Å². The molecule has 0 unspecified atom stereocenters. The molecule has 3 nitrogen and oxygen atoms in total. The van der Waals surface area contributed by atoms with Gasteiger partial charge in [-0.2, -0.15) is 0 Å². The summed E-state index contributed by atoms with van der Waals surface area (Å²) < 4.78 is 39.9. The molecule has 0 amide bonds. The van der Waals surface area contributed by atoms with Gasteiger partial charge in [0, 0.05) is 17.7 Å². The molecule has 18 heavy (non-hydrogen) atoms. The minimum atomic E-state index is -4.78. The first-order valence-electron chi connectivity index (χ1n) is 5.37. The summed E-state index contributed by atoms with van der Waals surface area (Å²) in [5.74, 6) is -0.636. The number of nitrogen functional groups attached to an aromatic ring is 1. The molecule has 2 N–H and O–H groups in total. The molecule has 6 heteroatoms. The van der Waals surface area contributed by atoms with E-state index in [0.29, 0.717) is 0 Å². The molecule has 1 rings (SSSR count). The van der Waals surface area contributed by atoms with E-state index < -0.39 is 12.1 Å². The number of hydrogen-bond donors (Lipinski definition) is 1. The maximum atomic E-state index is 12.0. The first kappa shape index (κ1) is 14.3. The number of anilines is 1. The molecule has 0 atom stereocenters. The molecule has 0 fully saturated rings. The van der Waals surface area contributed by atoms with Gasteiger partial charge in [0.15, 0.2) is 5.78 Å². The van der Waals surface area contributed by atoms with Gasteiger partial charge in [-0.3, -0.25) is 4.79 Å². The zero-order valence-electron chi connectivity index (χ0n) is 10.0. The quantitative estimate of drug-likeness (QED) is 0.667. The average Bonchev–Trinajstić information content (AvgIpc) is 2.17. The van der Waals surface area contributed by atoms with Crippen molar-refractivity contribution >= 4 is 11.5 Å². The summed E-state index contributed by atoms with van der Waals surface area (Å²) in [4.78, 5) is 11.8. The monoisotopic (exact) mass is 261 g/mol. The molecular formula is C12H14F3NO2. The highest BCUT2D eigenvalue weighted by molar-refractivity contribution is 6.01. The normalized spacial score (nSPS) is 11.7. The van der Waals surface area contributed by atoms with Crippen molar-refractivity contribution in [3.8, 4) is 5.75 Å². The second-order valence-electron chi connectivity index (χ2n) is 4.32. The molecule has 0 aliphatic carbocycles. The highest BCUT2D eigenvalue weighted by atomic mass is 19.4. The number of rotatable bonds is 4. The predicted molar refractivity (Wildman–Crippen MR) is 61.3 cm³/mol. The highest BCUT2D eigenvalue weighted by Gasteiger charge is 2.31. The smallest absolute Gasteiger partial charge is 0.406 e. The van der Waals surface area contributed by atoms with E-state index in [-0.39, 0.29) is 29.4 Å². The fourth-order valence-corrected chi connectivity index (χ4v) is 1.45. The van der Waals surface area contributed by atoms with Crippen molar-refractivity contribution in [3.63, 3.8) is 0 Å². The van der Waals surface area contributed by atoms with Crippen molar-refractivity contribution in [1.82, 2.24) is 0 Å². The predicted octanol–water partition coefficient (Wildman–Crippen LogP) is 3.40. The number of halogens is 3. The first-order valence-corrected chi connectivity index (χ1v) is 5.37. The fourth-order valence-electron chi connectivity index (χ4n) is 1.45. The Balaban J connectivity index is 2.98. The molecule has 0 aliphatic heterocycles. The van der Waals surface area contributed by atoms with Crippen molar-refractivity contribution in [2.75, 3.05) is 5.73 Å². The Morgan fingerprint density at radius 1 is 1.39 bits per heavy atom. The summed E-state index contributed by atoms with van der Waals surface area (Å²) in [6, 6.07) is 3.33. The van der Waals surface area contributed by atoms with Gasteiger partial charge in [-0.15, -0.1) is 13.2 Å². The number of benzene rings is 1. The van der Waals surface area contributed by atoms with Crippen LogP contribution in [-0.2, 0) is 0 Å². The third-order valence-corrected chi connectivity index (χ3v) is 2.15. The number of alkyl halides is 3. The number of carbonyl (C=O) groups is 1. The molecule has 1 aromatic carbocycles. The van der Waals surface area contributed by atoms with Crippen LogP contribution in [0.2, 0.25) is 0 Å². The topological polar surface area (TPSA) is 52.3 Å². The number of nitrogens with two attached hydrogens (primary N) is 1. The Hall–Kier alpha value is -1.72. The lowest BCUT2D eigenvalue weighted by atomic mass is 10.00. The van der Waals surface area contributed by atoms with Gasteiger partial charge in [0.25, 0.3) is 0 Å². The number of hydrogen-bond acceptors (Lipinski definition) is 3. The van der Waals surface area contributed by atoms with Crippen molar-refractivity contribution in [2.24, 2.45) is 5.92 Å². The molecule has 0 spiro atoms. The lowest BCUT2D eigenvalue weighted by Crippen LogP contribution is -2.17. The van der Waals surface area contributed by atoms with Crippen LogP contribution in [0.5, 0.6) is 5.75 Å². The number of carbonyl (C=O) groups excluding carboxylic acids is 1. The van der Waals surface area contributed by atoms with E-state index in [1.807, 2.05) is 13.8 Å². The molecular weight excluding hydrogens is 247 g/mol. The van der Waals surface area contributed by atoms with E-state index >= 15 is 0 Å². The summed E-state index contributed by atoms with van der Waals surface area (Å²) in [5.41, 5.74) is 5.78. The van der Waals surface area contributed by atoms with Crippen LogP contribution in [0.4, 0.5) is 18.9 Å².